The molecule has 0 unspecified atom stereocenters. The summed E-state index contributed by atoms with van der Waals surface area (Å²) in [6.45, 7) is 4.64. The van der Waals surface area contributed by atoms with Gasteiger partial charge in [-0.3, -0.25) is 4.99 Å². The molecule has 4 heteroatoms. The summed E-state index contributed by atoms with van der Waals surface area (Å²) in [4.78, 5) is 6.98. The van der Waals surface area contributed by atoms with Crippen LogP contribution in [-0.4, -0.2) is 42.6 Å². The van der Waals surface area contributed by atoms with Crippen molar-refractivity contribution in [3.05, 3.63) is 0 Å². The van der Waals surface area contributed by atoms with E-state index >= 15 is 0 Å². The Hall–Kier alpha value is -0.770. The summed E-state index contributed by atoms with van der Waals surface area (Å²) >= 11 is 0. The Bertz CT molecular complexity index is 312. The molecule has 3 N–H and O–H groups in total. The highest BCUT2D eigenvalue weighted by Crippen LogP contribution is 2.29. The Morgan fingerprint density at radius 1 is 1.22 bits per heavy atom. The lowest BCUT2D eigenvalue weighted by Gasteiger charge is -2.40. The lowest BCUT2D eigenvalue weighted by molar-refractivity contribution is 0.129. The Morgan fingerprint density at radius 3 is 2.56 bits per heavy atom. The first-order valence-electron chi connectivity index (χ1n) is 7.56. The third-order valence-electron chi connectivity index (χ3n) is 5.00. The topological polar surface area (TPSA) is 53.6 Å². The highest BCUT2D eigenvalue weighted by atomic mass is 15.2. The molecule has 0 aromatic heterocycles. The van der Waals surface area contributed by atoms with Crippen LogP contribution in [0.4, 0.5) is 0 Å². The molecular weight excluding hydrogens is 224 g/mol. The maximum Gasteiger partial charge on any atom is 0.189 e. The van der Waals surface area contributed by atoms with Crippen molar-refractivity contribution in [1.29, 1.82) is 0 Å². The van der Waals surface area contributed by atoms with Crippen LogP contribution in [-0.2, 0) is 0 Å². The summed E-state index contributed by atoms with van der Waals surface area (Å²) in [5, 5.41) is 3.39. The van der Waals surface area contributed by atoms with Gasteiger partial charge in [-0.2, -0.15) is 0 Å². The number of likely N-dealkylation sites (tertiary alicyclic amines) is 1. The normalized spacial score (nSPS) is 29.2. The SMILES string of the molecule is NC1=NCC2(CCN(CC3CCCCC3)CC2)N1. The van der Waals surface area contributed by atoms with Crippen LogP contribution in [0.15, 0.2) is 4.99 Å². The fraction of sp³-hybridized carbons (Fsp3) is 0.929. The number of aliphatic imine (C=N–C) groups is 1. The molecule has 0 aromatic carbocycles. The number of nitrogens with one attached hydrogen (secondary N) is 1. The summed E-state index contributed by atoms with van der Waals surface area (Å²) in [6, 6.07) is 0. The fourth-order valence-electron chi connectivity index (χ4n) is 3.77. The van der Waals surface area contributed by atoms with Crippen molar-refractivity contribution in [3.63, 3.8) is 0 Å². The molecule has 1 spiro atoms. The third-order valence-corrected chi connectivity index (χ3v) is 5.00. The molecule has 1 saturated carbocycles. The highest BCUT2D eigenvalue weighted by molar-refractivity contribution is 5.80. The zero-order chi connectivity index (χ0) is 12.4. The highest BCUT2D eigenvalue weighted by Gasteiger charge is 2.38. The summed E-state index contributed by atoms with van der Waals surface area (Å²) in [7, 11) is 0. The van der Waals surface area contributed by atoms with Crippen LogP contribution in [0.1, 0.15) is 44.9 Å². The number of rotatable bonds is 2. The summed E-state index contributed by atoms with van der Waals surface area (Å²) in [6.07, 6.45) is 9.67. The van der Waals surface area contributed by atoms with E-state index in [4.69, 9.17) is 5.73 Å². The number of hydrogen-bond donors (Lipinski definition) is 2. The van der Waals surface area contributed by atoms with Crippen LogP contribution < -0.4 is 11.1 Å². The standard InChI is InChI=1S/C14H26N4/c15-13-16-11-14(17-13)6-8-18(9-7-14)10-12-4-2-1-3-5-12/h12H,1-11H2,(H3,15,16,17). The largest absolute Gasteiger partial charge is 0.370 e. The Morgan fingerprint density at radius 2 is 1.94 bits per heavy atom. The Balaban J connectivity index is 1.45. The summed E-state index contributed by atoms with van der Waals surface area (Å²) < 4.78 is 0. The Labute approximate surface area is 110 Å². The molecule has 3 aliphatic rings. The van der Waals surface area contributed by atoms with E-state index in [1.807, 2.05) is 0 Å². The van der Waals surface area contributed by atoms with Gasteiger partial charge in [0.05, 0.1) is 12.1 Å². The number of nitrogens with two attached hydrogens (primary N) is 1. The minimum absolute atomic E-state index is 0.202. The molecule has 2 aliphatic heterocycles. The molecule has 18 heavy (non-hydrogen) atoms. The number of nitrogens with zero attached hydrogens (tertiary/aromatic N) is 2. The molecule has 0 amide bonds. The van der Waals surface area contributed by atoms with E-state index in [1.165, 1.54) is 64.6 Å². The van der Waals surface area contributed by atoms with E-state index in [0.29, 0.717) is 5.96 Å². The zero-order valence-electron chi connectivity index (χ0n) is 11.3. The van der Waals surface area contributed by atoms with E-state index in [1.54, 1.807) is 0 Å². The molecule has 3 rings (SSSR count). The number of piperidine rings is 1. The first kappa shape index (κ1) is 12.3. The summed E-state index contributed by atoms with van der Waals surface area (Å²) in [5.41, 5.74) is 5.95. The van der Waals surface area contributed by atoms with Crippen molar-refractivity contribution in [1.82, 2.24) is 10.2 Å². The zero-order valence-corrected chi connectivity index (χ0v) is 11.3. The van der Waals surface area contributed by atoms with Gasteiger partial charge in [0.2, 0.25) is 0 Å². The molecule has 102 valence electrons. The molecule has 0 radical (unpaired) electrons. The van der Waals surface area contributed by atoms with Gasteiger partial charge in [-0.05, 0) is 31.6 Å². The smallest absolute Gasteiger partial charge is 0.189 e. The third kappa shape index (κ3) is 2.63. The molecule has 1 aliphatic carbocycles. The van der Waals surface area contributed by atoms with Gasteiger partial charge in [0.25, 0.3) is 0 Å². The van der Waals surface area contributed by atoms with Gasteiger partial charge in [-0.15, -0.1) is 0 Å². The van der Waals surface area contributed by atoms with Crippen LogP contribution in [0.3, 0.4) is 0 Å². The van der Waals surface area contributed by atoms with Crippen LogP contribution in [0, 0.1) is 5.92 Å². The first-order valence-corrected chi connectivity index (χ1v) is 7.56. The van der Waals surface area contributed by atoms with Crippen molar-refractivity contribution in [2.45, 2.75) is 50.5 Å². The molecule has 2 heterocycles. The predicted octanol–water partition coefficient (Wildman–Crippen LogP) is 1.32. The van der Waals surface area contributed by atoms with E-state index in [-0.39, 0.29) is 5.54 Å². The van der Waals surface area contributed by atoms with E-state index in [9.17, 15) is 0 Å². The summed E-state index contributed by atoms with van der Waals surface area (Å²) in [5.74, 6) is 1.61. The van der Waals surface area contributed by atoms with Crippen molar-refractivity contribution >= 4 is 5.96 Å². The van der Waals surface area contributed by atoms with Gasteiger partial charge in [0, 0.05) is 19.6 Å². The average molecular weight is 250 g/mol. The average Bonchev–Trinajstić information content (AvgIpc) is 2.75. The van der Waals surface area contributed by atoms with Crippen LogP contribution >= 0.6 is 0 Å². The van der Waals surface area contributed by atoms with Crippen molar-refractivity contribution < 1.29 is 0 Å². The molecule has 0 aromatic rings. The minimum Gasteiger partial charge on any atom is -0.370 e. The van der Waals surface area contributed by atoms with Gasteiger partial charge >= 0.3 is 0 Å². The molecule has 1 saturated heterocycles. The maximum atomic E-state index is 5.75. The molecule has 2 fully saturated rings. The minimum atomic E-state index is 0.202. The second-order valence-electron chi connectivity index (χ2n) is 6.41. The van der Waals surface area contributed by atoms with Gasteiger partial charge in [0.15, 0.2) is 5.96 Å². The van der Waals surface area contributed by atoms with Crippen molar-refractivity contribution in [2.24, 2.45) is 16.6 Å². The lowest BCUT2D eigenvalue weighted by atomic mass is 9.85. The monoisotopic (exact) mass is 250 g/mol. The van der Waals surface area contributed by atoms with E-state index in [0.717, 1.165) is 12.5 Å². The van der Waals surface area contributed by atoms with Crippen LogP contribution in [0.5, 0.6) is 0 Å². The molecular formula is C14H26N4. The van der Waals surface area contributed by atoms with Gasteiger partial charge in [-0.1, -0.05) is 19.3 Å². The quantitative estimate of drug-likeness (QED) is 0.777. The van der Waals surface area contributed by atoms with E-state index in [2.05, 4.69) is 15.2 Å². The predicted molar refractivity (Wildman–Crippen MR) is 74.6 cm³/mol. The van der Waals surface area contributed by atoms with Crippen LogP contribution in [0.25, 0.3) is 0 Å². The van der Waals surface area contributed by atoms with Crippen LogP contribution in [0.2, 0.25) is 0 Å². The van der Waals surface area contributed by atoms with Crippen molar-refractivity contribution in [2.75, 3.05) is 26.2 Å². The molecule has 4 nitrogen and oxygen atoms in total. The van der Waals surface area contributed by atoms with Gasteiger partial charge in [0.1, 0.15) is 0 Å². The number of guanidine groups is 1. The van der Waals surface area contributed by atoms with E-state index < -0.39 is 0 Å². The second kappa shape index (κ2) is 5.08. The first-order chi connectivity index (χ1) is 8.76. The number of hydrogen-bond acceptors (Lipinski definition) is 4. The van der Waals surface area contributed by atoms with Gasteiger partial charge < -0.3 is 16.0 Å². The Kier molecular flexibility index (Phi) is 3.46. The second-order valence-corrected chi connectivity index (χ2v) is 6.41. The molecule has 0 atom stereocenters. The van der Waals surface area contributed by atoms with Crippen molar-refractivity contribution in [3.8, 4) is 0 Å². The fourth-order valence-corrected chi connectivity index (χ4v) is 3.77. The maximum absolute atomic E-state index is 5.75. The molecule has 0 bridgehead atoms. The van der Waals surface area contributed by atoms with Gasteiger partial charge in [-0.25, -0.2) is 0 Å². The lowest BCUT2D eigenvalue weighted by Crippen LogP contribution is -2.55.